The summed E-state index contributed by atoms with van der Waals surface area (Å²) < 4.78 is 74.1. The lowest BCUT2D eigenvalue weighted by Crippen LogP contribution is -2.05. The van der Waals surface area contributed by atoms with E-state index in [0.717, 1.165) is 11.8 Å². The van der Waals surface area contributed by atoms with Crippen LogP contribution in [-0.2, 0) is 17.0 Å². The van der Waals surface area contributed by atoms with E-state index in [1.165, 1.54) is 23.6 Å². The van der Waals surface area contributed by atoms with E-state index in [0.29, 0.717) is 33.0 Å². The van der Waals surface area contributed by atoms with Gasteiger partial charge >= 0.3 is 6.18 Å². The molecule has 0 spiro atoms. The summed E-state index contributed by atoms with van der Waals surface area (Å²) >= 11 is 5.87. The molecule has 0 saturated carbocycles. The summed E-state index contributed by atoms with van der Waals surface area (Å²) in [5.41, 5.74) is 1.83. The maximum atomic E-state index is 14.4. The van der Waals surface area contributed by atoms with E-state index in [4.69, 9.17) is 16.0 Å². The number of imidazole rings is 1. The molecule has 1 atom stereocenters. The SMILES string of the molecule is Cc1nc(-c2cc(-c3cccc(S(C)=O)c3)ccc2-n2cc(C(F)(F)F)nc2C)c(-c2ccc(Cl)c(F)c2)o1. The van der Waals surface area contributed by atoms with E-state index in [2.05, 4.69) is 9.97 Å². The summed E-state index contributed by atoms with van der Waals surface area (Å²) in [4.78, 5) is 8.86. The number of benzene rings is 3. The standard InChI is InChI=1S/C28H20ClF4N3O2S/c1-15-34-25(28(31,32)33)14-36(15)24-10-8-18(17-5-4-6-20(11-17)39(3)37)12-21(24)26-27(38-16(2)35-26)19-7-9-22(29)23(30)13-19/h4-14H,1-3H3. The van der Waals surface area contributed by atoms with Gasteiger partial charge in [-0.25, -0.2) is 14.4 Å². The van der Waals surface area contributed by atoms with Gasteiger partial charge in [0.1, 0.15) is 17.3 Å². The molecule has 2 aromatic heterocycles. The Labute approximate surface area is 228 Å². The Morgan fingerprint density at radius 1 is 0.949 bits per heavy atom. The molecule has 0 aliphatic heterocycles. The number of aromatic nitrogens is 3. The zero-order chi connectivity index (χ0) is 28.1. The van der Waals surface area contributed by atoms with Gasteiger partial charge in [-0.15, -0.1) is 0 Å². The monoisotopic (exact) mass is 573 g/mol. The lowest BCUT2D eigenvalue weighted by Gasteiger charge is -2.14. The molecular formula is C28H20ClF4N3O2S. The minimum Gasteiger partial charge on any atom is -0.440 e. The number of hydrogen-bond acceptors (Lipinski definition) is 4. The van der Waals surface area contributed by atoms with Crippen molar-refractivity contribution in [2.75, 3.05) is 6.26 Å². The summed E-state index contributed by atoms with van der Waals surface area (Å²) in [6.45, 7) is 3.09. The van der Waals surface area contributed by atoms with Gasteiger partial charge < -0.3 is 8.98 Å². The lowest BCUT2D eigenvalue weighted by atomic mass is 9.98. The Bertz CT molecular complexity index is 1740. The van der Waals surface area contributed by atoms with Crippen molar-refractivity contribution < 1.29 is 26.2 Å². The highest BCUT2D eigenvalue weighted by Gasteiger charge is 2.35. The maximum absolute atomic E-state index is 14.4. The van der Waals surface area contributed by atoms with Gasteiger partial charge in [0.25, 0.3) is 0 Å². The molecule has 5 aromatic rings. The van der Waals surface area contributed by atoms with E-state index in [-0.39, 0.29) is 22.5 Å². The van der Waals surface area contributed by atoms with Gasteiger partial charge in [-0.05, 0) is 60.5 Å². The van der Waals surface area contributed by atoms with Crippen LogP contribution >= 0.6 is 11.6 Å². The van der Waals surface area contributed by atoms with Crippen molar-refractivity contribution in [1.82, 2.24) is 14.5 Å². The first kappa shape index (κ1) is 26.8. The number of nitrogens with zero attached hydrogens (tertiary/aromatic N) is 3. The molecule has 0 fully saturated rings. The van der Waals surface area contributed by atoms with Crippen LogP contribution in [-0.4, -0.2) is 25.0 Å². The first-order chi connectivity index (χ1) is 18.4. The van der Waals surface area contributed by atoms with Crippen LogP contribution in [0.5, 0.6) is 0 Å². The lowest BCUT2D eigenvalue weighted by molar-refractivity contribution is -0.141. The number of hydrogen-bond donors (Lipinski definition) is 0. The van der Waals surface area contributed by atoms with Gasteiger partial charge in [-0.2, -0.15) is 13.2 Å². The predicted molar refractivity (Wildman–Crippen MR) is 142 cm³/mol. The Hall–Kier alpha value is -3.76. The van der Waals surface area contributed by atoms with Gasteiger partial charge in [-0.1, -0.05) is 29.8 Å². The van der Waals surface area contributed by atoms with E-state index in [9.17, 15) is 21.8 Å². The predicted octanol–water partition coefficient (Wildman–Crippen LogP) is 8.03. The second-order valence-electron chi connectivity index (χ2n) is 8.79. The smallest absolute Gasteiger partial charge is 0.434 e. The molecular weight excluding hydrogens is 554 g/mol. The highest BCUT2D eigenvalue weighted by atomic mass is 35.5. The minimum absolute atomic E-state index is 0.0684. The number of rotatable bonds is 5. The second-order valence-corrected chi connectivity index (χ2v) is 10.6. The van der Waals surface area contributed by atoms with E-state index in [1.54, 1.807) is 55.6 Å². The van der Waals surface area contributed by atoms with Crippen molar-refractivity contribution in [1.29, 1.82) is 0 Å². The number of alkyl halides is 3. The average Bonchev–Trinajstić information content (AvgIpc) is 3.48. The highest BCUT2D eigenvalue weighted by molar-refractivity contribution is 7.84. The van der Waals surface area contributed by atoms with Gasteiger partial charge in [0, 0.05) is 46.2 Å². The molecule has 0 amide bonds. The zero-order valence-electron chi connectivity index (χ0n) is 20.8. The zero-order valence-corrected chi connectivity index (χ0v) is 22.4. The molecule has 11 heteroatoms. The van der Waals surface area contributed by atoms with Crippen molar-refractivity contribution in [2.24, 2.45) is 0 Å². The molecule has 2 heterocycles. The molecule has 0 aliphatic rings. The van der Waals surface area contributed by atoms with Crippen molar-refractivity contribution in [3.05, 3.63) is 95.1 Å². The summed E-state index contributed by atoms with van der Waals surface area (Å²) in [6.07, 6.45) is -2.14. The number of oxazole rings is 1. The van der Waals surface area contributed by atoms with Crippen molar-refractivity contribution in [3.63, 3.8) is 0 Å². The van der Waals surface area contributed by atoms with Crippen LogP contribution < -0.4 is 0 Å². The van der Waals surface area contributed by atoms with Crippen LogP contribution in [0, 0.1) is 19.7 Å². The average molecular weight is 574 g/mol. The third kappa shape index (κ3) is 5.26. The second kappa shape index (κ2) is 10.1. The summed E-state index contributed by atoms with van der Waals surface area (Å²) in [5, 5.41) is -0.0684. The minimum atomic E-state index is -4.64. The van der Waals surface area contributed by atoms with E-state index >= 15 is 0 Å². The van der Waals surface area contributed by atoms with E-state index in [1.807, 2.05) is 6.07 Å². The molecule has 1 unspecified atom stereocenters. The van der Waals surface area contributed by atoms with Crippen molar-refractivity contribution in [3.8, 4) is 39.4 Å². The Morgan fingerprint density at radius 2 is 1.67 bits per heavy atom. The van der Waals surface area contributed by atoms with Crippen LogP contribution in [0.3, 0.4) is 0 Å². The molecule has 0 radical (unpaired) electrons. The van der Waals surface area contributed by atoms with Gasteiger partial charge in [0.2, 0.25) is 0 Å². The fourth-order valence-corrected chi connectivity index (χ4v) is 4.95. The molecule has 0 bridgehead atoms. The topological polar surface area (TPSA) is 60.9 Å². The van der Waals surface area contributed by atoms with Crippen LogP contribution in [0.25, 0.3) is 39.4 Å². The Morgan fingerprint density at radius 3 is 2.33 bits per heavy atom. The molecule has 39 heavy (non-hydrogen) atoms. The quantitative estimate of drug-likeness (QED) is 0.200. The molecule has 0 aliphatic carbocycles. The van der Waals surface area contributed by atoms with Crippen molar-refractivity contribution >= 4 is 22.4 Å². The van der Waals surface area contributed by atoms with Gasteiger partial charge in [-0.3, -0.25) is 4.21 Å². The molecule has 200 valence electrons. The van der Waals surface area contributed by atoms with E-state index < -0.39 is 28.5 Å². The third-order valence-corrected chi connectivity index (χ3v) is 7.32. The Kier molecular flexibility index (Phi) is 6.94. The molecule has 5 rings (SSSR count). The van der Waals surface area contributed by atoms with Gasteiger partial charge in [0.05, 0.1) is 10.7 Å². The van der Waals surface area contributed by atoms with Crippen molar-refractivity contribution in [2.45, 2.75) is 24.9 Å². The first-order valence-electron chi connectivity index (χ1n) is 11.6. The maximum Gasteiger partial charge on any atom is 0.434 e. The normalized spacial score (nSPS) is 12.6. The van der Waals surface area contributed by atoms with Crippen LogP contribution in [0.4, 0.5) is 17.6 Å². The molecule has 0 saturated heterocycles. The number of halogens is 5. The third-order valence-electron chi connectivity index (χ3n) is 6.10. The number of aryl methyl sites for hydroxylation is 2. The Balaban J connectivity index is 1.78. The fourth-order valence-electron chi connectivity index (χ4n) is 4.27. The van der Waals surface area contributed by atoms with Crippen LogP contribution in [0.1, 0.15) is 17.4 Å². The summed E-state index contributed by atoms with van der Waals surface area (Å²) in [5.74, 6) is -0.0566. The summed E-state index contributed by atoms with van der Waals surface area (Å²) in [6, 6.07) is 16.5. The highest BCUT2D eigenvalue weighted by Crippen LogP contribution is 2.40. The molecule has 5 nitrogen and oxygen atoms in total. The van der Waals surface area contributed by atoms with Gasteiger partial charge in [0.15, 0.2) is 17.3 Å². The largest absolute Gasteiger partial charge is 0.440 e. The van der Waals surface area contributed by atoms with Crippen LogP contribution in [0.2, 0.25) is 5.02 Å². The first-order valence-corrected chi connectivity index (χ1v) is 13.5. The summed E-state index contributed by atoms with van der Waals surface area (Å²) in [7, 11) is -1.22. The fraction of sp³-hybridized carbons (Fsp3) is 0.143. The molecule has 0 N–H and O–H groups in total. The molecule has 3 aromatic carbocycles. The van der Waals surface area contributed by atoms with Crippen LogP contribution in [0.15, 0.2) is 76.2 Å².